The summed E-state index contributed by atoms with van der Waals surface area (Å²) in [4.78, 5) is 14.8. The summed E-state index contributed by atoms with van der Waals surface area (Å²) in [5, 5.41) is 3.00. The summed E-state index contributed by atoms with van der Waals surface area (Å²) in [5.41, 5.74) is 1.95. The SMILES string of the molecule is COc1ccc(CNC(=O)CC[C@H]2CCCN(Cc3ccc(F)c(OC)c3)C2)c(OC)c1. The first-order chi connectivity index (χ1) is 15.5. The number of carbonyl (C=O) groups excluding carboxylic acids is 1. The van der Waals surface area contributed by atoms with E-state index in [0.29, 0.717) is 24.6 Å². The molecule has 2 aromatic rings. The molecule has 2 aromatic carbocycles. The predicted molar refractivity (Wildman–Crippen MR) is 122 cm³/mol. The fraction of sp³-hybridized carbons (Fsp3) is 0.480. The standard InChI is InChI=1S/C25H33FN2O4/c1-30-21-9-8-20(23(14-21)31-2)15-27-25(29)11-7-18-5-4-12-28(16-18)17-19-6-10-22(26)24(13-19)32-3/h6,8-10,13-14,18H,4-5,7,11-12,15-17H2,1-3H3,(H,27,29)/t18-/m1/s1. The molecule has 0 bridgehead atoms. The average Bonchev–Trinajstić information content (AvgIpc) is 2.82. The van der Waals surface area contributed by atoms with Crippen LogP contribution in [-0.2, 0) is 17.9 Å². The third kappa shape index (κ3) is 6.60. The maximum Gasteiger partial charge on any atom is 0.220 e. The van der Waals surface area contributed by atoms with Crippen molar-refractivity contribution in [2.75, 3.05) is 34.4 Å². The Bertz CT molecular complexity index is 906. The molecule has 0 unspecified atom stereocenters. The first-order valence-electron chi connectivity index (χ1n) is 11.0. The molecule has 3 rings (SSSR count). The fourth-order valence-corrected chi connectivity index (χ4v) is 4.21. The van der Waals surface area contributed by atoms with Crippen molar-refractivity contribution in [3.8, 4) is 17.2 Å². The van der Waals surface area contributed by atoms with Gasteiger partial charge in [0.15, 0.2) is 11.6 Å². The summed E-state index contributed by atoms with van der Waals surface area (Å²) in [6, 6.07) is 10.6. The summed E-state index contributed by atoms with van der Waals surface area (Å²) in [6.45, 7) is 3.14. The molecule has 7 heteroatoms. The van der Waals surface area contributed by atoms with Gasteiger partial charge < -0.3 is 19.5 Å². The minimum Gasteiger partial charge on any atom is -0.497 e. The largest absolute Gasteiger partial charge is 0.497 e. The molecule has 32 heavy (non-hydrogen) atoms. The van der Waals surface area contributed by atoms with Gasteiger partial charge in [0.05, 0.1) is 21.3 Å². The molecule has 0 spiro atoms. The number of nitrogens with one attached hydrogen (secondary N) is 1. The highest BCUT2D eigenvalue weighted by molar-refractivity contribution is 5.75. The number of hydrogen-bond donors (Lipinski definition) is 1. The van der Waals surface area contributed by atoms with Crippen molar-refractivity contribution in [2.24, 2.45) is 5.92 Å². The van der Waals surface area contributed by atoms with Gasteiger partial charge in [0.25, 0.3) is 0 Å². The highest BCUT2D eigenvalue weighted by Crippen LogP contribution is 2.26. The van der Waals surface area contributed by atoms with Crippen molar-refractivity contribution in [2.45, 2.75) is 38.8 Å². The van der Waals surface area contributed by atoms with Gasteiger partial charge in [-0.2, -0.15) is 0 Å². The van der Waals surface area contributed by atoms with Crippen LogP contribution in [0.1, 0.15) is 36.8 Å². The number of rotatable bonds is 10. The van der Waals surface area contributed by atoms with Crippen LogP contribution in [-0.4, -0.2) is 45.2 Å². The molecule has 0 saturated carbocycles. The van der Waals surface area contributed by atoms with Gasteiger partial charge in [-0.05, 0) is 61.6 Å². The zero-order valence-electron chi connectivity index (χ0n) is 19.2. The molecule has 6 nitrogen and oxygen atoms in total. The molecular weight excluding hydrogens is 411 g/mol. The highest BCUT2D eigenvalue weighted by Gasteiger charge is 2.21. The average molecular weight is 445 g/mol. The molecule has 1 fully saturated rings. The number of benzene rings is 2. The minimum atomic E-state index is -0.342. The van der Waals surface area contributed by atoms with E-state index in [0.717, 1.165) is 55.8 Å². The van der Waals surface area contributed by atoms with Gasteiger partial charge in [-0.1, -0.05) is 6.07 Å². The van der Waals surface area contributed by atoms with Gasteiger partial charge in [-0.15, -0.1) is 0 Å². The maximum atomic E-state index is 13.6. The van der Waals surface area contributed by atoms with Crippen LogP contribution in [0.25, 0.3) is 0 Å². The van der Waals surface area contributed by atoms with Gasteiger partial charge in [0, 0.05) is 37.7 Å². The first kappa shape index (κ1) is 23.9. The van der Waals surface area contributed by atoms with Crippen molar-refractivity contribution >= 4 is 5.91 Å². The number of ether oxygens (including phenoxy) is 3. The van der Waals surface area contributed by atoms with Crippen molar-refractivity contribution < 1.29 is 23.4 Å². The molecule has 1 amide bonds. The molecule has 1 aliphatic rings. The van der Waals surface area contributed by atoms with E-state index in [9.17, 15) is 9.18 Å². The second-order valence-corrected chi connectivity index (χ2v) is 8.21. The highest BCUT2D eigenvalue weighted by atomic mass is 19.1. The number of likely N-dealkylation sites (tertiary alicyclic amines) is 1. The Balaban J connectivity index is 1.45. The van der Waals surface area contributed by atoms with Crippen LogP contribution in [0.15, 0.2) is 36.4 Å². The van der Waals surface area contributed by atoms with E-state index >= 15 is 0 Å². The number of nitrogens with zero attached hydrogens (tertiary/aromatic N) is 1. The number of halogens is 1. The molecule has 0 aromatic heterocycles. The number of carbonyl (C=O) groups is 1. The maximum absolute atomic E-state index is 13.6. The molecular formula is C25H33FN2O4. The Morgan fingerprint density at radius 3 is 2.66 bits per heavy atom. The van der Waals surface area contributed by atoms with E-state index in [2.05, 4.69) is 10.2 Å². The van der Waals surface area contributed by atoms with Crippen LogP contribution >= 0.6 is 0 Å². The molecule has 1 saturated heterocycles. The van der Waals surface area contributed by atoms with E-state index in [1.807, 2.05) is 24.3 Å². The molecule has 1 N–H and O–H groups in total. The van der Waals surface area contributed by atoms with Gasteiger partial charge in [0.1, 0.15) is 11.5 Å². The molecule has 1 aliphatic heterocycles. The fourth-order valence-electron chi connectivity index (χ4n) is 4.21. The third-order valence-electron chi connectivity index (χ3n) is 5.97. The Morgan fingerprint density at radius 1 is 1.09 bits per heavy atom. The van der Waals surface area contributed by atoms with Crippen LogP contribution in [0, 0.1) is 11.7 Å². The molecule has 0 radical (unpaired) electrons. The van der Waals surface area contributed by atoms with Crippen LogP contribution in [0.3, 0.4) is 0 Å². The Morgan fingerprint density at radius 2 is 1.91 bits per heavy atom. The van der Waals surface area contributed by atoms with Crippen LogP contribution in [0.4, 0.5) is 4.39 Å². The van der Waals surface area contributed by atoms with Crippen molar-refractivity contribution in [1.82, 2.24) is 10.2 Å². The second kappa shape index (κ2) is 11.7. The Hall–Kier alpha value is -2.80. The quantitative estimate of drug-likeness (QED) is 0.596. The first-order valence-corrected chi connectivity index (χ1v) is 11.0. The lowest BCUT2D eigenvalue weighted by Gasteiger charge is -2.32. The van der Waals surface area contributed by atoms with E-state index < -0.39 is 0 Å². The third-order valence-corrected chi connectivity index (χ3v) is 5.97. The lowest BCUT2D eigenvalue weighted by molar-refractivity contribution is -0.121. The van der Waals surface area contributed by atoms with E-state index in [1.54, 1.807) is 20.3 Å². The zero-order chi connectivity index (χ0) is 22.9. The monoisotopic (exact) mass is 444 g/mol. The Kier molecular flexibility index (Phi) is 8.73. The van der Waals surface area contributed by atoms with Gasteiger partial charge >= 0.3 is 0 Å². The van der Waals surface area contributed by atoms with E-state index in [1.165, 1.54) is 13.2 Å². The van der Waals surface area contributed by atoms with Crippen LogP contribution in [0.5, 0.6) is 17.2 Å². The Labute approximate surface area is 189 Å². The summed E-state index contributed by atoms with van der Waals surface area (Å²) in [7, 11) is 4.70. The lowest BCUT2D eigenvalue weighted by atomic mass is 9.93. The smallest absolute Gasteiger partial charge is 0.220 e. The number of piperidine rings is 1. The summed E-state index contributed by atoms with van der Waals surface area (Å²) >= 11 is 0. The minimum absolute atomic E-state index is 0.0447. The van der Waals surface area contributed by atoms with Gasteiger partial charge in [-0.3, -0.25) is 9.69 Å². The van der Waals surface area contributed by atoms with Crippen molar-refractivity contribution in [1.29, 1.82) is 0 Å². The topological polar surface area (TPSA) is 60.0 Å². The predicted octanol–water partition coefficient (Wildman–Crippen LogP) is 4.16. The summed E-state index contributed by atoms with van der Waals surface area (Å²) < 4.78 is 29.3. The van der Waals surface area contributed by atoms with Crippen molar-refractivity contribution in [3.63, 3.8) is 0 Å². The summed E-state index contributed by atoms with van der Waals surface area (Å²) in [5.74, 6) is 1.88. The number of amides is 1. The molecule has 0 aliphatic carbocycles. The van der Waals surface area contributed by atoms with Crippen LogP contribution < -0.4 is 19.5 Å². The van der Waals surface area contributed by atoms with E-state index in [4.69, 9.17) is 14.2 Å². The second-order valence-electron chi connectivity index (χ2n) is 8.21. The summed E-state index contributed by atoms with van der Waals surface area (Å²) in [6.07, 6.45) is 3.59. The number of methoxy groups -OCH3 is 3. The van der Waals surface area contributed by atoms with E-state index in [-0.39, 0.29) is 17.5 Å². The molecule has 1 heterocycles. The van der Waals surface area contributed by atoms with Gasteiger partial charge in [-0.25, -0.2) is 4.39 Å². The molecule has 174 valence electrons. The lowest BCUT2D eigenvalue weighted by Crippen LogP contribution is -2.35. The van der Waals surface area contributed by atoms with Crippen molar-refractivity contribution in [3.05, 3.63) is 53.3 Å². The van der Waals surface area contributed by atoms with Gasteiger partial charge in [0.2, 0.25) is 5.91 Å². The normalized spacial score (nSPS) is 16.4. The van der Waals surface area contributed by atoms with Crippen LogP contribution in [0.2, 0.25) is 0 Å². The number of hydrogen-bond acceptors (Lipinski definition) is 5. The molecule has 1 atom stereocenters. The zero-order valence-corrected chi connectivity index (χ0v) is 19.2.